The van der Waals surface area contributed by atoms with E-state index in [1.54, 1.807) is 0 Å². The largest absolute Gasteiger partial charge is 0.353 e. The monoisotopic (exact) mass is 332 g/mol. The summed E-state index contributed by atoms with van der Waals surface area (Å²) in [6.07, 6.45) is 2.07. The third-order valence-electron chi connectivity index (χ3n) is 3.53. The Balaban J connectivity index is 2.01. The molecule has 0 aliphatic heterocycles. The van der Waals surface area contributed by atoms with Gasteiger partial charge < -0.3 is 9.88 Å². The third-order valence-corrected chi connectivity index (χ3v) is 4.49. The molecule has 2 rings (SSSR count). The van der Waals surface area contributed by atoms with Gasteiger partial charge in [-0.2, -0.15) is 0 Å². The topological polar surface area (TPSA) is 59.8 Å². The molecule has 2 aromatic rings. The molecule has 1 aromatic heterocycles. The average Bonchev–Trinajstić information content (AvgIpc) is 2.96. The van der Waals surface area contributed by atoms with E-state index in [1.807, 2.05) is 41.8 Å². The molecule has 6 heteroatoms. The van der Waals surface area contributed by atoms with Crippen LogP contribution in [0.4, 0.5) is 0 Å². The van der Waals surface area contributed by atoms with Crippen LogP contribution in [0.2, 0.25) is 0 Å². The van der Waals surface area contributed by atoms with Gasteiger partial charge in [-0.25, -0.2) is 0 Å². The summed E-state index contributed by atoms with van der Waals surface area (Å²) in [5.41, 5.74) is 1.04. The van der Waals surface area contributed by atoms with Gasteiger partial charge in [-0.15, -0.1) is 10.2 Å². The van der Waals surface area contributed by atoms with E-state index in [2.05, 4.69) is 29.4 Å². The number of thioether (sulfide) groups is 1. The molecule has 1 amide bonds. The van der Waals surface area contributed by atoms with Crippen molar-refractivity contribution < 1.29 is 4.79 Å². The maximum absolute atomic E-state index is 12.0. The summed E-state index contributed by atoms with van der Waals surface area (Å²) in [4.78, 5) is 12.0. The summed E-state index contributed by atoms with van der Waals surface area (Å²) in [7, 11) is 0. The highest BCUT2D eigenvalue weighted by atomic mass is 32.2. The second-order valence-corrected chi connectivity index (χ2v) is 6.40. The lowest BCUT2D eigenvalue weighted by Gasteiger charge is -2.12. The fourth-order valence-electron chi connectivity index (χ4n) is 2.43. The molecule has 1 N–H and O–H groups in total. The van der Waals surface area contributed by atoms with Gasteiger partial charge in [0.05, 0.1) is 5.75 Å². The second-order valence-electron chi connectivity index (χ2n) is 5.46. The number of nitrogens with zero attached hydrogens (tertiary/aromatic N) is 3. The van der Waals surface area contributed by atoms with Gasteiger partial charge in [0.2, 0.25) is 5.91 Å². The van der Waals surface area contributed by atoms with Crippen molar-refractivity contribution in [3.05, 3.63) is 30.3 Å². The van der Waals surface area contributed by atoms with Crippen molar-refractivity contribution in [2.45, 2.75) is 51.4 Å². The van der Waals surface area contributed by atoms with Gasteiger partial charge in [-0.1, -0.05) is 55.4 Å². The van der Waals surface area contributed by atoms with E-state index in [4.69, 9.17) is 0 Å². The van der Waals surface area contributed by atoms with Crippen LogP contribution in [0, 0.1) is 0 Å². The van der Waals surface area contributed by atoms with Crippen molar-refractivity contribution in [2.75, 3.05) is 5.75 Å². The second kappa shape index (κ2) is 8.72. The highest BCUT2D eigenvalue weighted by molar-refractivity contribution is 7.99. The highest BCUT2D eigenvalue weighted by Gasteiger charge is 2.15. The van der Waals surface area contributed by atoms with Crippen LogP contribution in [0.5, 0.6) is 0 Å². The van der Waals surface area contributed by atoms with Crippen LogP contribution in [-0.4, -0.2) is 32.5 Å². The Morgan fingerprint density at radius 2 is 2.00 bits per heavy atom. The summed E-state index contributed by atoms with van der Waals surface area (Å²) >= 11 is 1.43. The molecule has 1 heterocycles. The first-order valence-electron chi connectivity index (χ1n) is 8.06. The Hall–Kier alpha value is -1.82. The van der Waals surface area contributed by atoms with Gasteiger partial charge in [0.15, 0.2) is 11.0 Å². The molecule has 0 fully saturated rings. The van der Waals surface area contributed by atoms with Crippen LogP contribution >= 0.6 is 11.8 Å². The number of hydrogen-bond acceptors (Lipinski definition) is 4. The molecule has 0 bridgehead atoms. The molecule has 124 valence electrons. The molecular formula is C17H24N4OS. The predicted octanol–water partition coefficient (Wildman–Crippen LogP) is 3.36. The summed E-state index contributed by atoms with van der Waals surface area (Å²) in [5.74, 6) is 1.25. The Labute approximate surface area is 141 Å². The summed E-state index contributed by atoms with van der Waals surface area (Å²) in [5, 5.41) is 12.3. The number of hydrogen-bond donors (Lipinski definition) is 1. The quantitative estimate of drug-likeness (QED) is 0.753. The van der Waals surface area contributed by atoms with Crippen molar-refractivity contribution in [2.24, 2.45) is 0 Å². The fourth-order valence-corrected chi connectivity index (χ4v) is 3.25. The molecule has 0 saturated heterocycles. The van der Waals surface area contributed by atoms with E-state index < -0.39 is 0 Å². The molecule has 0 spiro atoms. The van der Waals surface area contributed by atoms with Gasteiger partial charge in [0, 0.05) is 18.2 Å². The van der Waals surface area contributed by atoms with Gasteiger partial charge in [0.1, 0.15) is 0 Å². The van der Waals surface area contributed by atoms with Crippen LogP contribution in [0.3, 0.4) is 0 Å². The minimum Gasteiger partial charge on any atom is -0.353 e. The number of carbonyl (C=O) groups is 1. The molecule has 0 radical (unpaired) electrons. The first kappa shape index (κ1) is 17.5. The Morgan fingerprint density at radius 1 is 1.26 bits per heavy atom. The molecule has 1 atom stereocenters. The van der Waals surface area contributed by atoms with Crippen LogP contribution in [-0.2, 0) is 11.3 Å². The highest BCUT2D eigenvalue weighted by Crippen LogP contribution is 2.23. The Bertz CT molecular complexity index is 627. The molecule has 1 aromatic carbocycles. The first-order valence-corrected chi connectivity index (χ1v) is 9.05. The van der Waals surface area contributed by atoms with E-state index in [0.29, 0.717) is 5.75 Å². The number of aromatic nitrogens is 3. The number of carbonyl (C=O) groups excluding carboxylic acids is 1. The van der Waals surface area contributed by atoms with Crippen molar-refractivity contribution in [3.8, 4) is 11.4 Å². The van der Waals surface area contributed by atoms with E-state index in [9.17, 15) is 4.79 Å². The molecular weight excluding hydrogens is 308 g/mol. The Kier molecular flexibility index (Phi) is 6.65. The number of benzene rings is 1. The minimum absolute atomic E-state index is 0.0443. The molecule has 0 saturated carbocycles. The molecule has 23 heavy (non-hydrogen) atoms. The summed E-state index contributed by atoms with van der Waals surface area (Å²) in [6.45, 7) is 6.98. The van der Waals surface area contributed by atoms with Crippen LogP contribution in [0.25, 0.3) is 11.4 Å². The smallest absolute Gasteiger partial charge is 0.230 e. The van der Waals surface area contributed by atoms with Crippen molar-refractivity contribution in [1.29, 1.82) is 0 Å². The van der Waals surface area contributed by atoms with Crippen LogP contribution in [0.1, 0.15) is 33.6 Å². The third kappa shape index (κ3) is 4.82. The zero-order valence-electron chi connectivity index (χ0n) is 14.0. The summed E-state index contributed by atoms with van der Waals surface area (Å²) in [6, 6.07) is 10.2. The number of amides is 1. The lowest BCUT2D eigenvalue weighted by Crippen LogP contribution is -2.33. The Morgan fingerprint density at radius 3 is 2.65 bits per heavy atom. The number of rotatable bonds is 8. The molecule has 0 aliphatic carbocycles. The van der Waals surface area contributed by atoms with E-state index >= 15 is 0 Å². The van der Waals surface area contributed by atoms with Crippen molar-refractivity contribution in [1.82, 2.24) is 20.1 Å². The van der Waals surface area contributed by atoms with Crippen LogP contribution < -0.4 is 5.32 Å². The maximum atomic E-state index is 12.0. The average molecular weight is 332 g/mol. The molecule has 0 aliphatic rings. The van der Waals surface area contributed by atoms with Crippen molar-refractivity contribution in [3.63, 3.8) is 0 Å². The maximum Gasteiger partial charge on any atom is 0.230 e. The zero-order valence-corrected chi connectivity index (χ0v) is 14.8. The molecule has 5 nitrogen and oxygen atoms in total. The number of nitrogens with one attached hydrogen (secondary N) is 1. The van der Waals surface area contributed by atoms with Gasteiger partial charge in [0.25, 0.3) is 0 Å². The minimum atomic E-state index is 0.0443. The lowest BCUT2D eigenvalue weighted by molar-refractivity contribution is -0.119. The van der Waals surface area contributed by atoms with Gasteiger partial charge in [-0.05, 0) is 20.3 Å². The SMILES string of the molecule is CCC[C@H](C)NC(=O)CSc1nnc(-c2ccccc2)n1CC. The lowest BCUT2D eigenvalue weighted by atomic mass is 10.2. The normalized spacial score (nSPS) is 12.1. The predicted molar refractivity (Wildman–Crippen MR) is 94.4 cm³/mol. The first-order chi connectivity index (χ1) is 11.2. The van der Waals surface area contributed by atoms with Crippen molar-refractivity contribution >= 4 is 17.7 Å². The summed E-state index contributed by atoms with van der Waals surface area (Å²) < 4.78 is 2.04. The van der Waals surface area contributed by atoms with E-state index in [0.717, 1.165) is 35.9 Å². The van der Waals surface area contributed by atoms with E-state index in [1.165, 1.54) is 11.8 Å². The zero-order chi connectivity index (χ0) is 16.7. The standard InChI is InChI=1S/C17H24N4OS/c1-4-9-13(3)18-15(22)12-23-17-20-19-16(21(17)5-2)14-10-7-6-8-11-14/h6-8,10-11,13H,4-5,9,12H2,1-3H3,(H,18,22)/t13-/m0/s1. The fraction of sp³-hybridized carbons (Fsp3) is 0.471. The van der Waals surface area contributed by atoms with Crippen LogP contribution in [0.15, 0.2) is 35.5 Å². The molecule has 0 unspecified atom stereocenters. The van der Waals surface area contributed by atoms with E-state index in [-0.39, 0.29) is 11.9 Å². The van der Waals surface area contributed by atoms with Gasteiger partial charge in [-0.3, -0.25) is 4.79 Å². The van der Waals surface area contributed by atoms with Gasteiger partial charge >= 0.3 is 0 Å².